The van der Waals surface area contributed by atoms with Crippen LogP contribution in [0.4, 0.5) is 11.4 Å². The highest BCUT2D eigenvalue weighted by molar-refractivity contribution is 7.87. The van der Waals surface area contributed by atoms with Crippen molar-refractivity contribution < 1.29 is 22.2 Å². The molecule has 2 amide bonds. The number of rotatable bonds is 6. The Morgan fingerprint density at radius 2 is 1.18 bits per heavy atom. The van der Waals surface area contributed by atoms with Gasteiger partial charge in [-0.1, -0.05) is 66.2 Å². The average Bonchev–Trinajstić information content (AvgIpc) is 2.93. The quantitative estimate of drug-likeness (QED) is 0.135. The van der Waals surface area contributed by atoms with Crippen molar-refractivity contribution in [1.82, 2.24) is 0 Å². The third-order valence-corrected chi connectivity index (χ3v) is 7.61. The van der Waals surface area contributed by atoms with Crippen molar-refractivity contribution >= 4 is 56.7 Å². The fourth-order valence-corrected chi connectivity index (χ4v) is 5.31. The largest absolute Gasteiger partial charge is 0.379 e. The molecule has 0 saturated carbocycles. The van der Waals surface area contributed by atoms with Crippen LogP contribution in [0, 0.1) is 6.92 Å². The maximum absolute atomic E-state index is 13.6. The number of benzene rings is 4. The van der Waals surface area contributed by atoms with E-state index in [1.54, 1.807) is 72.8 Å². The second-order valence-electron chi connectivity index (χ2n) is 8.71. The molecular formula is C30H22N2O5S2. The van der Waals surface area contributed by atoms with Crippen molar-refractivity contribution in [2.24, 2.45) is 0 Å². The second-order valence-corrected chi connectivity index (χ2v) is 10.6. The second kappa shape index (κ2) is 10.6. The molecule has 1 saturated heterocycles. The maximum Gasteiger partial charge on any atom is 0.339 e. The Kier molecular flexibility index (Phi) is 7.10. The molecule has 4 aromatic carbocycles. The Balaban J connectivity index is 1.48. The van der Waals surface area contributed by atoms with Crippen LogP contribution in [0.1, 0.15) is 11.1 Å². The molecular weight excluding hydrogens is 532 g/mol. The summed E-state index contributed by atoms with van der Waals surface area (Å²) >= 11 is 5.61. The van der Waals surface area contributed by atoms with E-state index >= 15 is 0 Å². The van der Waals surface area contributed by atoms with E-state index in [0.29, 0.717) is 16.9 Å². The SMILES string of the molecule is Cc1ccc(S(=O)(=O)Oc2ccc(C=C3C(=O)N(c4ccccc4)C(=S)N(c4ccccc4)C3=O)cc2)cc1. The molecule has 0 unspecified atom stereocenters. The van der Waals surface area contributed by atoms with Crippen LogP contribution in [-0.4, -0.2) is 25.3 Å². The summed E-state index contributed by atoms with van der Waals surface area (Å²) in [5, 5.41) is 0.0459. The standard InChI is InChI=1S/C30H22N2O5S2/c1-21-12-18-26(19-13-21)39(35,36)37-25-16-14-22(15-17-25)20-27-28(33)31(23-8-4-2-5-9-23)30(38)32(29(27)34)24-10-6-3-7-11-24/h2-20H,1H3. The number of carbonyl (C=O) groups is 2. The molecule has 0 atom stereocenters. The Hall–Kier alpha value is -4.60. The number of amides is 2. The first kappa shape index (κ1) is 26.0. The Morgan fingerprint density at radius 3 is 1.67 bits per heavy atom. The molecule has 1 fully saturated rings. The average molecular weight is 555 g/mol. The van der Waals surface area contributed by atoms with Crippen LogP contribution in [0.5, 0.6) is 5.75 Å². The molecule has 5 rings (SSSR count). The van der Waals surface area contributed by atoms with Crippen molar-refractivity contribution in [1.29, 1.82) is 0 Å². The summed E-state index contributed by atoms with van der Waals surface area (Å²) in [7, 11) is -4.02. The van der Waals surface area contributed by atoms with Crippen molar-refractivity contribution in [3.63, 3.8) is 0 Å². The molecule has 0 spiro atoms. The van der Waals surface area contributed by atoms with Gasteiger partial charge in [-0.25, -0.2) is 0 Å². The van der Waals surface area contributed by atoms with Gasteiger partial charge in [0.05, 0.1) is 11.4 Å². The molecule has 4 aromatic rings. The molecule has 0 bridgehead atoms. The first-order valence-corrected chi connectivity index (χ1v) is 13.7. The van der Waals surface area contributed by atoms with Crippen molar-refractivity contribution in [2.75, 3.05) is 9.80 Å². The number of hydrogen-bond donors (Lipinski definition) is 0. The molecule has 1 aliphatic rings. The topological polar surface area (TPSA) is 84.0 Å². The molecule has 0 aromatic heterocycles. The molecule has 0 aliphatic carbocycles. The van der Waals surface area contributed by atoms with Crippen molar-refractivity contribution in [3.05, 3.63) is 126 Å². The summed E-state index contributed by atoms with van der Waals surface area (Å²) in [5.41, 5.74) is 2.38. The van der Waals surface area contributed by atoms with Gasteiger partial charge in [-0.15, -0.1) is 0 Å². The van der Waals surface area contributed by atoms with Crippen LogP contribution in [0.25, 0.3) is 6.08 Å². The minimum Gasteiger partial charge on any atom is -0.379 e. The number of carbonyl (C=O) groups excluding carboxylic acids is 2. The lowest BCUT2D eigenvalue weighted by Gasteiger charge is -2.36. The minimum absolute atomic E-state index is 0.0377. The predicted molar refractivity (Wildman–Crippen MR) is 154 cm³/mol. The zero-order valence-electron chi connectivity index (χ0n) is 20.7. The van der Waals surface area contributed by atoms with Crippen LogP contribution in [-0.2, 0) is 19.7 Å². The van der Waals surface area contributed by atoms with Crippen LogP contribution in [0.3, 0.4) is 0 Å². The third-order valence-electron chi connectivity index (χ3n) is 5.99. The number of nitrogens with zero attached hydrogens (tertiary/aromatic N) is 2. The number of aryl methyl sites for hydroxylation is 1. The summed E-state index contributed by atoms with van der Waals surface area (Å²) in [5.74, 6) is -1.03. The number of para-hydroxylation sites is 2. The summed E-state index contributed by atoms with van der Waals surface area (Å²) in [6, 6.07) is 30.1. The van der Waals surface area contributed by atoms with Gasteiger partial charge in [-0.3, -0.25) is 19.4 Å². The number of anilines is 2. The monoisotopic (exact) mass is 554 g/mol. The zero-order valence-corrected chi connectivity index (χ0v) is 22.4. The molecule has 194 valence electrons. The van der Waals surface area contributed by atoms with E-state index < -0.39 is 21.9 Å². The molecule has 1 heterocycles. The van der Waals surface area contributed by atoms with Crippen molar-refractivity contribution in [3.8, 4) is 5.75 Å². The van der Waals surface area contributed by atoms with E-state index in [1.165, 1.54) is 40.1 Å². The van der Waals surface area contributed by atoms with E-state index in [0.717, 1.165) is 5.56 Å². The van der Waals surface area contributed by atoms with E-state index in [2.05, 4.69) is 0 Å². The van der Waals surface area contributed by atoms with Crippen LogP contribution in [0.15, 0.2) is 120 Å². The summed E-state index contributed by atoms with van der Waals surface area (Å²) in [6.45, 7) is 1.86. The van der Waals surface area contributed by atoms with Gasteiger partial charge < -0.3 is 4.18 Å². The normalized spacial score (nSPS) is 14.0. The van der Waals surface area contributed by atoms with E-state index in [1.807, 2.05) is 19.1 Å². The molecule has 0 radical (unpaired) electrons. The zero-order chi connectivity index (χ0) is 27.6. The number of hydrogen-bond acceptors (Lipinski definition) is 6. The lowest BCUT2D eigenvalue weighted by molar-refractivity contribution is -0.120. The molecule has 1 aliphatic heterocycles. The lowest BCUT2D eigenvalue weighted by Crippen LogP contribution is -2.56. The van der Waals surface area contributed by atoms with E-state index in [4.69, 9.17) is 16.4 Å². The van der Waals surface area contributed by atoms with Gasteiger partial charge in [0.1, 0.15) is 16.2 Å². The highest BCUT2D eigenvalue weighted by Gasteiger charge is 2.41. The molecule has 39 heavy (non-hydrogen) atoms. The highest BCUT2D eigenvalue weighted by Crippen LogP contribution is 2.30. The van der Waals surface area contributed by atoms with Gasteiger partial charge in [0, 0.05) is 0 Å². The smallest absolute Gasteiger partial charge is 0.339 e. The van der Waals surface area contributed by atoms with Crippen LogP contribution < -0.4 is 14.0 Å². The van der Waals surface area contributed by atoms with Gasteiger partial charge in [0.25, 0.3) is 11.8 Å². The molecule has 0 N–H and O–H groups in total. The summed E-state index contributed by atoms with van der Waals surface area (Å²) in [4.78, 5) is 29.8. The van der Waals surface area contributed by atoms with Crippen LogP contribution >= 0.6 is 12.2 Å². The maximum atomic E-state index is 13.6. The van der Waals surface area contributed by atoms with E-state index in [9.17, 15) is 18.0 Å². The number of thiocarbonyl (C=S) groups is 1. The lowest BCUT2D eigenvalue weighted by atomic mass is 10.0. The Labute approximate surface area is 231 Å². The Morgan fingerprint density at radius 1 is 0.692 bits per heavy atom. The minimum atomic E-state index is -4.02. The van der Waals surface area contributed by atoms with E-state index in [-0.39, 0.29) is 21.3 Å². The van der Waals surface area contributed by atoms with Gasteiger partial charge in [-0.05, 0) is 79.3 Å². The molecule has 7 nitrogen and oxygen atoms in total. The summed E-state index contributed by atoms with van der Waals surface area (Å²) in [6.07, 6.45) is 1.45. The van der Waals surface area contributed by atoms with Gasteiger partial charge in [0.2, 0.25) is 0 Å². The Bertz CT molecular complexity index is 1620. The first-order chi connectivity index (χ1) is 18.7. The fraction of sp³-hybridized carbons (Fsp3) is 0.0333. The highest BCUT2D eigenvalue weighted by atomic mass is 32.2. The van der Waals surface area contributed by atoms with Gasteiger partial charge >= 0.3 is 10.1 Å². The molecule has 9 heteroatoms. The summed E-state index contributed by atoms with van der Waals surface area (Å²) < 4.78 is 30.5. The first-order valence-electron chi connectivity index (χ1n) is 11.9. The van der Waals surface area contributed by atoms with Gasteiger partial charge in [0.15, 0.2) is 5.11 Å². The van der Waals surface area contributed by atoms with Crippen molar-refractivity contribution in [2.45, 2.75) is 11.8 Å². The van der Waals surface area contributed by atoms with Gasteiger partial charge in [-0.2, -0.15) is 8.42 Å². The van der Waals surface area contributed by atoms with Crippen LogP contribution in [0.2, 0.25) is 0 Å². The third kappa shape index (κ3) is 5.36. The fourth-order valence-electron chi connectivity index (χ4n) is 4.01. The predicted octanol–water partition coefficient (Wildman–Crippen LogP) is 5.51.